The molecule has 1 unspecified atom stereocenters. The number of pyridine rings is 1. The van der Waals surface area contributed by atoms with Gasteiger partial charge in [0.25, 0.3) is 0 Å². The molecule has 0 aliphatic heterocycles. The molecule has 0 amide bonds. The number of ether oxygens (including phenoxy) is 1. The van der Waals surface area contributed by atoms with Crippen molar-refractivity contribution in [3.8, 4) is 5.75 Å². The van der Waals surface area contributed by atoms with E-state index < -0.39 is 5.38 Å². The number of halogens is 3. The summed E-state index contributed by atoms with van der Waals surface area (Å²) in [5.74, 6) is 0.0507. The average Bonchev–Trinajstić information content (AvgIpc) is 2.40. The standard InChI is InChI=1S/C14H12Cl2FNO/c1-19-13-4-2-3-12(17)14(13)10(15)7-9-5-6-18-8-11(9)16/h2-6,8,10H,7H2,1H3. The fraction of sp³-hybridized carbons (Fsp3) is 0.214. The highest BCUT2D eigenvalue weighted by Crippen LogP contribution is 2.35. The normalized spacial score (nSPS) is 12.2. The van der Waals surface area contributed by atoms with Gasteiger partial charge in [0.1, 0.15) is 11.6 Å². The summed E-state index contributed by atoms with van der Waals surface area (Å²) in [5, 5.41) is -0.0421. The molecule has 1 atom stereocenters. The molecule has 0 aliphatic carbocycles. The van der Waals surface area contributed by atoms with Gasteiger partial charge in [-0.05, 0) is 30.2 Å². The Balaban J connectivity index is 2.30. The third kappa shape index (κ3) is 3.17. The number of nitrogens with zero attached hydrogens (tertiary/aromatic N) is 1. The van der Waals surface area contributed by atoms with E-state index in [0.717, 1.165) is 5.56 Å². The van der Waals surface area contributed by atoms with Crippen molar-refractivity contribution in [2.75, 3.05) is 7.11 Å². The SMILES string of the molecule is COc1cccc(F)c1C(Cl)Cc1ccncc1Cl. The number of benzene rings is 1. The first-order valence-electron chi connectivity index (χ1n) is 5.68. The molecule has 1 heterocycles. The summed E-state index contributed by atoms with van der Waals surface area (Å²) in [5.41, 5.74) is 1.17. The molecule has 0 fully saturated rings. The van der Waals surface area contributed by atoms with Gasteiger partial charge in [-0.1, -0.05) is 17.7 Å². The molecule has 2 rings (SSSR count). The third-order valence-electron chi connectivity index (χ3n) is 2.80. The van der Waals surface area contributed by atoms with Crippen LogP contribution < -0.4 is 4.74 Å². The number of methoxy groups -OCH3 is 1. The van der Waals surface area contributed by atoms with Crippen molar-refractivity contribution >= 4 is 23.2 Å². The summed E-state index contributed by atoms with van der Waals surface area (Å²) in [6, 6.07) is 6.40. The van der Waals surface area contributed by atoms with E-state index in [-0.39, 0.29) is 5.82 Å². The zero-order valence-corrected chi connectivity index (χ0v) is 11.7. The van der Waals surface area contributed by atoms with E-state index in [2.05, 4.69) is 4.98 Å². The molecule has 100 valence electrons. The van der Waals surface area contributed by atoms with E-state index in [4.69, 9.17) is 27.9 Å². The van der Waals surface area contributed by atoms with Crippen LogP contribution in [0.5, 0.6) is 5.75 Å². The number of alkyl halides is 1. The Morgan fingerprint density at radius 2 is 2.16 bits per heavy atom. The molecule has 0 saturated heterocycles. The van der Waals surface area contributed by atoms with Gasteiger partial charge in [0.15, 0.2) is 0 Å². The minimum Gasteiger partial charge on any atom is -0.496 e. The van der Waals surface area contributed by atoms with Gasteiger partial charge in [-0.3, -0.25) is 4.98 Å². The van der Waals surface area contributed by atoms with Crippen molar-refractivity contribution in [2.45, 2.75) is 11.8 Å². The van der Waals surface area contributed by atoms with E-state index >= 15 is 0 Å². The summed E-state index contributed by atoms with van der Waals surface area (Å²) in [4.78, 5) is 3.90. The fourth-order valence-electron chi connectivity index (χ4n) is 1.86. The monoisotopic (exact) mass is 299 g/mol. The van der Waals surface area contributed by atoms with Crippen LogP contribution in [-0.2, 0) is 6.42 Å². The lowest BCUT2D eigenvalue weighted by Gasteiger charge is -2.15. The second-order valence-electron chi connectivity index (χ2n) is 3.99. The molecule has 2 aromatic rings. The summed E-state index contributed by atoms with van der Waals surface area (Å²) in [6.07, 6.45) is 3.57. The van der Waals surface area contributed by atoms with Gasteiger partial charge in [0, 0.05) is 18.0 Å². The van der Waals surface area contributed by atoms with Gasteiger partial charge >= 0.3 is 0 Å². The molecule has 1 aromatic carbocycles. The van der Waals surface area contributed by atoms with Crippen LogP contribution in [0.2, 0.25) is 5.02 Å². The Hall–Kier alpha value is -1.32. The van der Waals surface area contributed by atoms with Crippen LogP contribution >= 0.6 is 23.2 Å². The maximum absolute atomic E-state index is 13.9. The Morgan fingerprint density at radius 3 is 2.84 bits per heavy atom. The van der Waals surface area contributed by atoms with Gasteiger partial charge < -0.3 is 4.74 Å². The molecule has 2 nitrogen and oxygen atoms in total. The van der Waals surface area contributed by atoms with Gasteiger partial charge in [-0.25, -0.2) is 4.39 Å². The quantitative estimate of drug-likeness (QED) is 0.780. The fourth-order valence-corrected chi connectivity index (χ4v) is 2.44. The molecule has 0 saturated carbocycles. The summed E-state index contributed by atoms with van der Waals surface area (Å²) < 4.78 is 19.0. The van der Waals surface area contributed by atoms with Crippen molar-refractivity contribution < 1.29 is 9.13 Å². The smallest absolute Gasteiger partial charge is 0.131 e. The minimum atomic E-state index is -0.559. The molecule has 5 heteroatoms. The predicted molar refractivity (Wildman–Crippen MR) is 74.5 cm³/mol. The summed E-state index contributed by atoms with van der Waals surface area (Å²) in [7, 11) is 1.49. The molecule has 0 bridgehead atoms. The lowest BCUT2D eigenvalue weighted by Crippen LogP contribution is -2.03. The van der Waals surface area contributed by atoms with E-state index in [1.54, 1.807) is 30.6 Å². The highest BCUT2D eigenvalue weighted by molar-refractivity contribution is 6.31. The Labute approximate surface area is 121 Å². The lowest BCUT2D eigenvalue weighted by molar-refractivity contribution is 0.403. The van der Waals surface area contributed by atoms with Gasteiger partial charge in [0.2, 0.25) is 0 Å². The van der Waals surface area contributed by atoms with Crippen LogP contribution in [0.25, 0.3) is 0 Å². The van der Waals surface area contributed by atoms with E-state index in [0.29, 0.717) is 22.8 Å². The highest BCUT2D eigenvalue weighted by Gasteiger charge is 2.19. The average molecular weight is 300 g/mol. The molecule has 0 spiro atoms. The Morgan fingerprint density at radius 1 is 1.37 bits per heavy atom. The van der Waals surface area contributed by atoms with Gasteiger partial charge in [-0.2, -0.15) is 0 Å². The first kappa shape index (κ1) is 14.1. The summed E-state index contributed by atoms with van der Waals surface area (Å²) >= 11 is 12.3. The number of hydrogen-bond donors (Lipinski definition) is 0. The van der Waals surface area contributed by atoms with Crippen molar-refractivity contribution in [3.63, 3.8) is 0 Å². The van der Waals surface area contributed by atoms with E-state index in [1.807, 2.05) is 0 Å². The zero-order chi connectivity index (χ0) is 13.8. The topological polar surface area (TPSA) is 22.1 Å². The van der Waals surface area contributed by atoms with Crippen LogP contribution in [0.3, 0.4) is 0 Å². The minimum absolute atomic E-state index is 0.347. The molecule has 1 aromatic heterocycles. The van der Waals surface area contributed by atoms with Crippen LogP contribution in [0.4, 0.5) is 4.39 Å². The molecule has 0 radical (unpaired) electrons. The van der Waals surface area contributed by atoms with Gasteiger partial charge in [-0.15, -0.1) is 11.6 Å². The number of rotatable bonds is 4. The maximum atomic E-state index is 13.9. The van der Waals surface area contributed by atoms with Crippen LogP contribution in [0.1, 0.15) is 16.5 Å². The predicted octanol–water partition coefficient (Wildman–Crippen LogP) is 4.41. The Kier molecular flexibility index (Phi) is 4.61. The van der Waals surface area contributed by atoms with Gasteiger partial charge in [0.05, 0.1) is 17.5 Å². The first-order valence-corrected chi connectivity index (χ1v) is 6.49. The number of hydrogen-bond acceptors (Lipinski definition) is 2. The largest absolute Gasteiger partial charge is 0.496 e. The lowest BCUT2D eigenvalue weighted by atomic mass is 10.0. The van der Waals surface area contributed by atoms with Crippen LogP contribution in [0.15, 0.2) is 36.7 Å². The zero-order valence-electron chi connectivity index (χ0n) is 10.2. The first-order chi connectivity index (χ1) is 9.13. The molecule has 0 N–H and O–H groups in total. The van der Waals surface area contributed by atoms with Crippen LogP contribution in [-0.4, -0.2) is 12.1 Å². The van der Waals surface area contributed by atoms with Crippen molar-refractivity contribution in [2.24, 2.45) is 0 Å². The van der Waals surface area contributed by atoms with Crippen molar-refractivity contribution in [1.82, 2.24) is 4.98 Å². The Bertz CT molecular complexity index is 577. The van der Waals surface area contributed by atoms with Crippen molar-refractivity contribution in [3.05, 3.63) is 58.6 Å². The van der Waals surface area contributed by atoms with Crippen LogP contribution in [0, 0.1) is 5.82 Å². The third-order valence-corrected chi connectivity index (χ3v) is 3.51. The molecule has 19 heavy (non-hydrogen) atoms. The second kappa shape index (κ2) is 6.22. The molecular weight excluding hydrogens is 288 g/mol. The maximum Gasteiger partial charge on any atom is 0.131 e. The summed E-state index contributed by atoms with van der Waals surface area (Å²) in [6.45, 7) is 0. The van der Waals surface area contributed by atoms with Crippen molar-refractivity contribution in [1.29, 1.82) is 0 Å². The number of aromatic nitrogens is 1. The van der Waals surface area contributed by atoms with E-state index in [1.165, 1.54) is 13.2 Å². The molecular formula is C14H12Cl2FNO. The molecule has 0 aliphatic rings. The van der Waals surface area contributed by atoms with E-state index in [9.17, 15) is 4.39 Å². The second-order valence-corrected chi connectivity index (χ2v) is 4.93. The highest BCUT2D eigenvalue weighted by atomic mass is 35.5.